The van der Waals surface area contributed by atoms with Gasteiger partial charge in [-0.1, -0.05) is 6.07 Å². The van der Waals surface area contributed by atoms with Crippen molar-refractivity contribution in [2.45, 2.75) is 6.18 Å². The van der Waals surface area contributed by atoms with Crippen molar-refractivity contribution >= 4 is 17.3 Å². The van der Waals surface area contributed by atoms with Gasteiger partial charge >= 0.3 is 6.18 Å². The normalized spacial score (nSPS) is 11.1. The summed E-state index contributed by atoms with van der Waals surface area (Å²) in [7, 11) is 0. The van der Waals surface area contributed by atoms with Crippen LogP contribution >= 0.6 is 0 Å². The number of hydrogen-bond donors (Lipinski definition) is 2. The number of anilines is 2. The molecule has 0 saturated heterocycles. The van der Waals surface area contributed by atoms with E-state index in [0.29, 0.717) is 5.69 Å². The fourth-order valence-corrected chi connectivity index (χ4v) is 2.32. The third-order valence-corrected chi connectivity index (χ3v) is 3.51. The SMILES string of the molecule is Nc1cccc(C(=O)Nc2cc(Oc3cccnc3)cc(C(F)(F)F)c2)c1. The summed E-state index contributed by atoms with van der Waals surface area (Å²) in [6.07, 6.45) is -1.73. The number of nitrogens with one attached hydrogen (secondary N) is 1. The largest absolute Gasteiger partial charge is 0.456 e. The topological polar surface area (TPSA) is 77.2 Å². The Hall–Kier alpha value is -3.55. The van der Waals surface area contributed by atoms with Crippen LogP contribution in [0.5, 0.6) is 11.5 Å². The van der Waals surface area contributed by atoms with Crippen molar-refractivity contribution in [3.63, 3.8) is 0 Å². The third-order valence-electron chi connectivity index (χ3n) is 3.51. The summed E-state index contributed by atoms with van der Waals surface area (Å²) in [5.41, 5.74) is 5.21. The maximum Gasteiger partial charge on any atom is 0.416 e. The standard InChI is InChI=1S/C19H14F3N3O2/c20-19(21,22)13-8-15(25-18(26)12-3-1-4-14(23)7-12)10-17(9-13)27-16-5-2-6-24-11-16/h1-11H,23H2,(H,25,26). The lowest BCUT2D eigenvalue weighted by molar-refractivity contribution is -0.137. The van der Waals surface area contributed by atoms with Crippen LogP contribution in [0.2, 0.25) is 0 Å². The molecule has 0 aliphatic carbocycles. The molecule has 0 bridgehead atoms. The molecular formula is C19H14F3N3O2. The van der Waals surface area contributed by atoms with Crippen molar-refractivity contribution in [2.75, 3.05) is 11.1 Å². The number of nitrogen functional groups attached to an aromatic ring is 1. The zero-order chi connectivity index (χ0) is 19.4. The highest BCUT2D eigenvalue weighted by Gasteiger charge is 2.31. The van der Waals surface area contributed by atoms with E-state index in [9.17, 15) is 18.0 Å². The van der Waals surface area contributed by atoms with Gasteiger partial charge in [0.1, 0.15) is 11.5 Å². The molecule has 0 spiro atoms. The lowest BCUT2D eigenvalue weighted by Gasteiger charge is -2.14. The predicted octanol–water partition coefficient (Wildman–Crippen LogP) is 4.73. The average molecular weight is 373 g/mol. The maximum atomic E-state index is 13.2. The van der Waals surface area contributed by atoms with E-state index in [1.807, 2.05) is 0 Å². The minimum atomic E-state index is -4.61. The highest BCUT2D eigenvalue weighted by molar-refractivity contribution is 6.04. The Morgan fingerprint density at radius 2 is 1.85 bits per heavy atom. The Morgan fingerprint density at radius 1 is 1.04 bits per heavy atom. The zero-order valence-corrected chi connectivity index (χ0v) is 13.8. The number of nitrogens with two attached hydrogens (primary N) is 1. The Balaban J connectivity index is 1.91. The molecule has 3 rings (SSSR count). The van der Waals surface area contributed by atoms with E-state index in [1.165, 1.54) is 30.6 Å². The number of amides is 1. The molecular weight excluding hydrogens is 359 g/mol. The molecule has 27 heavy (non-hydrogen) atoms. The second-order valence-electron chi connectivity index (χ2n) is 5.61. The van der Waals surface area contributed by atoms with Crippen LogP contribution in [0.1, 0.15) is 15.9 Å². The van der Waals surface area contributed by atoms with Crippen molar-refractivity contribution in [2.24, 2.45) is 0 Å². The van der Waals surface area contributed by atoms with Crippen LogP contribution in [0.15, 0.2) is 67.0 Å². The number of ether oxygens (including phenoxy) is 1. The van der Waals surface area contributed by atoms with E-state index < -0.39 is 17.6 Å². The fourth-order valence-electron chi connectivity index (χ4n) is 2.32. The van der Waals surface area contributed by atoms with Crippen molar-refractivity contribution in [1.82, 2.24) is 4.98 Å². The van der Waals surface area contributed by atoms with Gasteiger partial charge < -0.3 is 15.8 Å². The molecule has 2 aromatic carbocycles. The average Bonchev–Trinajstić information content (AvgIpc) is 2.61. The molecule has 1 heterocycles. The number of hydrogen-bond acceptors (Lipinski definition) is 4. The van der Waals surface area contributed by atoms with Gasteiger partial charge in [0, 0.05) is 29.2 Å². The zero-order valence-electron chi connectivity index (χ0n) is 13.8. The Bertz CT molecular complexity index is 960. The number of halogens is 3. The predicted molar refractivity (Wildman–Crippen MR) is 94.6 cm³/mol. The van der Waals surface area contributed by atoms with E-state index in [4.69, 9.17) is 10.5 Å². The Labute approximate surface area is 152 Å². The number of pyridine rings is 1. The van der Waals surface area contributed by atoms with Gasteiger partial charge in [-0.3, -0.25) is 9.78 Å². The van der Waals surface area contributed by atoms with Gasteiger partial charge in [-0.25, -0.2) is 0 Å². The van der Waals surface area contributed by atoms with Gasteiger partial charge in [0.05, 0.1) is 11.8 Å². The summed E-state index contributed by atoms with van der Waals surface area (Å²) in [4.78, 5) is 16.1. The smallest absolute Gasteiger partial charge is 0.416 e. The van der Waals surface area contributed by atoms with Gasteiger partial charge in [0.15, 0.2) is 0 Å². The molecule has 0 fully saturated rings. The van der Waals surface area contributed by atoms with Crippen LogP contribution in [0.25, 0.3) is 0 Å². The molecule has 3 aromatic rings. The van der Waals surface area contributed by atoms with Crippen molar-refractivity contribution < 1.29 is 22.7 Å². The molecule has 0 unspecified atom stereocenters. The summed E-state index contributed by atoms with van der Waals surface area (Å²) < 4.78 is 45.0. The molecule has 138 valence electrons. The van der Waals surface area contributed by atoms with Crippen molar-refractivity contribution in [1.29, 1.82) is 0 Å². The highest BCUT2D eigenvalue weighted by Crippen LogP contribution is 2.35. The minimum absolute atomic E-state index is 0.0591. The van der Waals surface area contributed by atoms with Gasteiger partial charge in [0.2, 0.25) is 0 Å². The first-order valence-electron chi connectivity index (χ1n) is 7.78. The second kappa shape index (κ2) is 7.36. The second-order valence-corrected chi connectivity index (χ2v) is 5.61. The van der Waals surface area contributed by atoms with E-state index in [-0.39, 0.29) is 22.7 Å². The third kappa shape index (κ3) is 4.75. The molecule has 1 aromatic heterocycles. The maximum absolute atomic E-state index is 13.2. The highest BCUT2D eigenvalue weighted by atomic mass is 19.4. The first-order valence-corrected chi connectivity index (χ1v) is 7.78. The molecule has 8 heteroatoms. The number of rotatable bonds is 4. The monoisotopic (exact) mass is 373 g/mol. The Kier molecular flexibility index (Phi) is 4.98. The van der Waals surface area contributed by atoms with E-state index in [2.05, 4.69) is 10.3 Å². The summed E-state index contributed by atoms with van der Waals surface area (Å²) in [5, 5.41) is 2.43. The lowest BCUT2D eigenvalue weighted by Crippen LogP contribution is -2.13. The van der Waals surface area contributed by atoms with Gasteiger partial charge in [-0.05, 0) is 42.5 Å². The molecule has 0 aliphatic heterocycles. The number of alkyl halides is 3. The van der Waals surface area contributed by atoms with E-state index in [1.54, 1.807) is 24.3 Å². The summed E-state index contributed by atoms with van der Waals surface area (Å²) >= 11 is 0. The first kappa shape index (κ1) is 18.2. The molecule has 5 nitrogen and oxygen atoms in total. The minimum Gasteiger partial charge on any atom is -0.456 e. The first-order chi connectivity index (χ1) is 12.8. The quantitative estimate of drug-likeness (QED) is 0.649. The summed E-state index contributed by atoms with van der Waals surface area (Å²) in [5.74, 6) is -0.403. The van der Waals surface area contributed by atoms with Crippen LogP contribution in [0, 0.1) is 0 Å². The molecule has 0 aliphatic rings. The van der Waals surface area contributed by atoms with E-state index in [0.717, 1.165) is 12.1 Å². The van der Waals surface area contributed by atoms with Gasteiger partial charge in [0.25, 0.3) is 5.91 Å². The molecule has 0 saturated carbocycles. The summed E-state index contributed by atoms with van der Waals surface area (Å²) in [6, 6.07) is 12.2. The number of aromatic nitrogens is 1. The molecule has 3 N–H and O–H groups in total. The number of benzene rings is 2. The Morgan fingerprint density at radius 3 is 2.52 bits per heavy atom. The lowest BCUT2D eigenvalue weighted by atomic mass is 10.1. The number of nitrogens with zero attached hydrogens (tertiary/aromatic N) is 1. The summed E-state index contributed by atoms with van der Waals surface area (Å²) in [6.45, 7) is 0. The number of carbonyl (C=O) groups is 1. The fraction of sp³-hybridized carbons (Fsp3) is 0.0526. The van der Waals surface area contributed by atoms with E-state index >= 15 is 0 Å². The molecule has 0 radical (unpaired) electrons. The van der Waals surface area contributed by atoms with Crippen molar-refractivity contribution in [3.05, 3.63) is 78.1 Å². The van der Waals surface area contributed by atoms with Crippen LogP contribution < -0.4 is 15.8 Å². The van der Waals surface area contributed by atoms with Crippen LogP contribution in [0.4, 0.5) is 24.5 Å². The van der Waals surface area contributed by atoms with Crippen molar-refractivity contribution in [3.8, 4) is 11.5 Å². The van der Waals surface area contributed by atoms with Crippen LogP contribution in [-0.4, -0.2) is 10.9 Å². The molecule has 0 atom stereocenters. The van der Waals surface area contributed by atoms with Gasteiger partial charge in [-0.15, -0.1) is 0 Å². The number of carbonyl (C=O) groups excluding carboxylic acids is 1. The van der Waals surface area contributed by atoms with Crippen LogP contribution in [-0.2, 0) is 6.18 Å². The van der Waals surface area contributed by atoms with Crippen LogP contribution in [0.3, 0.4) is 0 Å². The molecule has 1 amide bonds. The van der Waals surface area contributed by atoms with Gasteiger partial charge in [-0.2, -0.15) is 13.2 Å².